The summed E-state index contributed by atoms with van der Waals surface area (Å²) in [5.41, 5.74) is 1.51. The molecule has 1 aliphatic carbocycles. The minimum atomic E-state index is -0.413. The Balaban J connectivity index is 2.00. The molecule has 1 aromatic heterocycles. The van der Waals surface area contributed by atoms with Gasteiger partial charge in [-0.25, -0.2) is 9.37 Å². The Morgan fingerprint density at radius 3 is 2.95 bits per heavy atom. The number of fused-ring (bicyclic) bond motifs is 1. The number of para-hydroxylation sites is 1. The maximum Gasteiger partial charge on any atom is 0.190 e. The highest BCUT2D eigenvalue weighted by Gasteiger charge is 2.25. The lowest BCUT2D eigenvalue weighted by Crippen LogP contribution is -2.17. The summed E-state index contributed by atoms with van der Waals surface area (Å²) in [6, 6.07) is 6.72. The van der Waals surface area contributed by atoms with Crippen LogP contribution in [0.4, 0.5) is 15.2 Å². The maximum absolute atomic E-state index is 14.0. The predicted molar refractivity (Wildman–Crippen MR) is 79.1 cm³/mol. The number of hydrogen-bond donors (Lipinski definition) is 1. The molecule has 1 N–H and O–H groups in total. The number of rotatable bonds is 3. The quantitative estimate of drug-likeness (QED) is 0.934. The number of anilines is 2. The number of hydrogen-bond acceptors (Lipinski definition) is 4. The van der Waals surface area contributed by atoms with E-state index in [-0.39, 0.29) is 5.82 Å². The molecular formula is C15H17FN2OS. The van der Waals surface area contributed by atoms with E-state index in [1.807, 2.05) is 17.9 Å². The van der Waals surface area contributed by atoms with Crippen molar-refractivity contribution in [2.45, 2.75) is 32.3 Å². The van der Waals surface area contributed by atoms with Gasteiger partial charge in [-0.3, -0.25) is 0 Å². The maximum atomic E-state index is 14.0. The van der Waals surface area contributed by atoms with Crippen LogP contribution < -0.4 is 4.90 Å². The first-order chi connectivity index (χ1) is 9.70. The summed E-state index contributed by atoms with van der Waals surface area (Å²) in [5.74, 6) is -0.247. The zero-order valence-electron chi connectivity index (χ0n) is 11.3. The smallest absolute Gasteiger partial charge is 0.190 e. The van der Waals surface area contributed by atoms with E-state index in [9.17, 15) is 9.50 Å². The van der Waals surface area contributed by atoms with Gasteiger partial charge < -0.3 is 10.0 Å². The minimum absolute atomic E-state index is 0.247. The molecule has 3 nitrogen and oxygen atoms in total. The number of nitrogens with zero attached hydrogens (tertiary/aromatic N) is 2. The molecule has 1 atom stereocenters. The van der Waals surface area contributed by atoms with E-state index in [2.05, 4.69) is 4.98 Å². The highest BCUT2D eigenvalue weighted by Crippen LogP contribution is 2.39. The Morgan fingerprint density at radius 2 is 2.25 bits per heavy atom. The van der Waals surface area contributed by atoms with Gasteiger partial charge in [0, 0.05) is 6.54 Å². The van der Waals surface area contributed by atoms with Gasteiger partial charge in [0.15, 0.2) is 5.13 Å². The molecule has 0 bridgehead atoms. The molecular weight excluding hydrogens is 275 g/mol. The standard InChI is InChI=1S/C15H17FN2OS/c1-2-18(12-8-4-3-6-10(12)16)15-17-11-7-5-9-13(19)14(11)20-15/h3-4,6,8,13,19H,2,5,7,9H2,1H3. The average molecular weight is 292 g/mol. The van der Waals surface area contributed by atoms with E-state index in [0.29, 0.717) is 12.2 Å². The number of aromatic nitrogens is 1. The van der Waals surface area contributed by atoms with Gasteiger partial charge in [-0.1, -0.05) is 23.5 Å². The van der Waals surface area contributed by atoms with Gasteiger partial charge in [-0.15, -0.1) is 0 Å². The van der Waals surface area contributed by atoms with E-state index in [1.54, 1.807) is 12.1 Å². The van der Waals surface area contributed by atoms with E-state index < -0.39 is 6.10 Å². The van der Waals surface area contributed by atoms with Crippen molar-refractivity contribution in [3.05, 3.63) is 40.7 Å². The Bertz CT molecular complexity index is 614. The second kappa shape index (κ2) is 5.50. The molecule has 0 spiro atoms. The minimum Gasteiger partial charge on any atom is -0.388 e. The Kier molecular flexibility index (Phi) is 3.72. The van der Waals surface area contributed by atoms with Crippen LogP contribution in [-0.4, -0.2) is 16.6 Å². The molecule has 1 unspecified atom stereocenters. The molecule has 106 valence electrons. The van der Waals surface area contributed by atoms with Crippen LogP contribution in [-0.2, 0) is 6.42 Å². The molecule has 1 aliphatic rings. The third kappa shape index (κ3) is 2.31. The number of halogens is 1. The van der Waals surface area contributed by atoms with Crippen LogP contribution >= 0.6 is 11.3 Å². The van der Waals surface area contributed by atoms with E-state index in [1.165, 1.54) is 17.4 Å². The molecule has 0 saturated carbocycles. The lowest BCUT2D eigenvalue weighted by Gasteiger charge is -2.20. The van der Waals surface area contributed by atoms with E-state index >= 15 is 0 Å². The second-order valence-corrected chi connectivity index (χ2v) is 5.92. The van der Waals surface area contributed by atoms with Crippen LogP contribution in [0.25, 0.3) is 0 Å². The number of thiazole rings is 1. The first kappa shape index (κ1) is 13.5. The van der Waals surface area contributed by atoms with Crippen LogP contribution in [0.1, 0.15) is 36.4 Å². The van der Waals surface area contributed by atoms with Crippen LogP contribution in [0.15, 0.2) is 24.3 Å². The van der Waals surface area contributed by atoms with Crippen LogP contribution in [0.2, 0.25) is 0 Å². The van der Waals surface area contributed by atoms with Crippen molar-refractivity contribution in [2.75, 3.05) is 11.4 Å². The molecule has 0 amide bonds. The van der Waals surface area contributed by atoms with Crippen molar-refractivity contribution in [1.29, 1.82) is 0 Å². The highest BCUT2D eigenvalue weighted by atomic mass is 32.1. The fourth-order valence-electron chi connectivity index (χ4n) is 2.58. The van der Waals surface area contributed by atoms with Gasteiger partial charge in [-0.05, 0) is 38.3 Å². The molecule has 0 aliphatic heterocycles. The van der Waals surface area contributed by atoms with Crippen LogP contribution in [0.3, 0.4) is 0 Å². The molecule has 5 heteroatoms. The fourth-order valence-corrected chi connectivity index (χ4v) is 3.79. The molecule has 0 saturated heterocycles. The van der Waals surface area contributed by atoms with Gasteiger partial charge in [0.2, 0.25) is 0 Å². The average Bonchev–Trinajstić information content (AvgIpc) is 2.87. The Hall–Kier alpha value is -1.46. The third-order valence-electron chi connectivity index (χ3n) is 3.60. The van der Waals surface area contributed by atoms with E-state index in [4.69, 9.17) is 0 Å². The molecule has 3 rings (SSSR count). The van der Waals surface area contributed by atoms with Crippen molar-refractivity contribution in [2.24, 2.45) is 0 Å². The van der Waals surface area contributed by atoms with Gasteiger partial charge in [0.25, 0.3) is 0 Å². The number of benzene rings is 1. The molecule has 2 aromatic rings. The van der Waals surface area contributed by atoms with Crippen molar-refractivity contribution in [1.82, 2.24) is 4.98 Å². The zero-order chi connectivity index (χ0) is 14.1. The van der Waals surface area contributed by atoms with Crippen LogP contribution in [0, 0.1) is 5.82 Å². The monoisotopic (exact) mass is 292 g/mol. The van der Waals surface area contributed by atoms with Crippen molar-refractivity contribution in [3.8, 4) is 0 Å². The summed E-state index contributed by atoms with van der Waals surface area (Å²) in [6.45, 7) is 2.62. The highest BCUT2D eigenvalue weighted by molar-refractivity contribution is 7.15. The normalized spacial score (nSPS) is 17.9. The predicted octanol–water partition coefficient (Wildman–Crippen LogP) is 3.81. The van der Waals surface area contributed by atoms with Crippen molar-refractivity contribution in [3.63, 3.8) is 0 Å². The molecule has 0 radical (unpaired) electrons. The fraction of sp³-hybridized carbons (Fsp3) is 0.400. The topological polar surface area (TPSA) is 36.4 Å². The SMILES string of the molecule is CCN(c1nc2c(s1)C(O)CCC2)c1ccccc1F. The number of aryl methyl sites for hydroxylation is 1. The van der Waals surface area contributed by atoms with Crippen molar-refractivity contribution < 1.29 is 9.50 Å². The third-order valence-corrected chi connectivity index (χ3v) is 4.82. The summed E-state index contributed by atoms with van der Waals surface area (Å²) in [5, 5.41) is 10.8. The van der Waals surface area contributed by atoms with Gasteiger partial charge in [-0.2, -0.15) is 0 Å². The summed E-state index contributed by atoms with van der Waals surface area (Å²) in [4.78, 5) is 7.42. The van der Waals surface area contributed by atoms with Crippen LogP contribution in [0.5, 0.6) is 0 Å². The molecule has 20 heavy (non-hydrogen) atoms. The first-order valence-electron chi connectivity index (χ1n) is 6.90. The summed E-state index contributed by atoms with van der Waals surface area (Å²) in [7, 11) is 0. The first-order valence-corrected chi connectivity index (χ1v) is 7.72. The Morgan fingerprint density at radius 1 is 1.45 bits per heavy atom. The van der Waals surface area contributed by atoms with E-state index in [0.717, 1.165) is 35.0 Å². The number of aliphatic hydroxyl groups excluding tert-OH is 1. The zero-order valence-corrected chi connectivity index (χ0v) is 12.2. The summed E-state index contributed by atoms with van der Waals surface area (Å²) in [6.07, 6.45) is 2.24. The Labute approximate surface area is 121 Å². The summed E-state index contributed by atoms with van der Waals surface area (Å²) < 4.78 is 14.0. The lowest BCUT2D eigenvalue weighted by molar-refractivity contribution is 0.160. The largest absolute Gasteiger partial charge is 0.388 e. The van der Waals surface area contributed by atoms with Gasteiger partial charge in [0.1, 0.15) is 5.82 Å². The van der Waals surface area contributed by atoms with Gasteiger partial charge in [0.05, 0.1) is 22.4 Å². The number of aliphatic hydroxyl groups is 1. The molecule has 0 fully saturated rings. The second-order valence-electron chi connectivity index (χ2n) is 4.91. The molecule has 1 heterocycles. The van der Waals surface area contributed by atoms with Crippen molar-refractivity contribution >= 4 is 22.2 Å². The lowest BCUT2D eigenvalue weighted by atomic mass is 10.0. The summed E-state index contributed by atoms with van der Waals surface area (Å²) >= 11 is 1.48. The molecule has 1 aromatic carbocycles. The van der Waals surface area contributed by atoms with Gasteiger partial charge >= 0.3 is 0 Å².